The quantitative estimate of drug-likeness (QED) is 0.637. The smallest absolute Gasteiger partial charge is 0.242 e. The Labute approximate surface area is 172 Å². The standard InChI is InChI=1S/C18H19ClN4O3S2/c19-14-5-2-1-4-13(14)16(23-8-10-26-11-9-23)12-20-28(24,25)17-7-3-6-15-18(17)22-27-21-15/h1-7,16,20H,8-12H2. The Morgan fingerprint density at radius 1 is 1.14 bits per heavy atom. The van der Waals surface area contributed by atoms with Gasteiger partial charge in [-0.2, -0.15) is 8.75 Å². The predicted octanol–water partition coefficient (Wildman–Crippen LogP) is 2.70. The molecule has 10 heteroatoms. The summed E-state index contributed by atoms with van der Waals surface area (Å²) in [5.41, 5.74) is 1.85. The second-order valence-corrected chi connectivity index (χ2v) is 9.10. The van der Waals surface area contributed by atoms with Gasteiger partial charge in [-0.3, -0.25) is 4.90 Å². The molecule has 0 spiro atoms. The van der Waals surface area contributed by atoms with Crippen LogP contribution in [0.15, 0.2) is 47.4 Å². The van der Waals surface area contributed by atoms with Gasteiger partial charge >= 0.3 is 0 Å². The molecule has 7 nitrogen and oxygen atoms in total. The Morgan fingerprint density at radius 2 is 1.93 bits per heavy atom. The lowest BCUT2D eigenvalue weighted by Gasteiger charge is -2.35. The fourth-order valence-electron chi connectivity index (χ4n) is 3.33. The highest BCUT2D eigenvalue weighted by Gasteiger charge is 2.27. The Bertz CT molecular complexity index is 1070. The fourth-order valence-corrected chi connectivity index (χ4v) is 5.40. The van der Waals surface area contributed by atoms with Crippen LogP contribution in [0, 0.1) is 0 Å². The van der Waals surface area contributed by atoms with E-state index < -0.39 is 10.0 Å². The first-order chi connectivity index (χ1) is 13.6. The second-order valence-electron chi connectivity index (χ2n) is 6.43. The van der Waals surface area contributed by atoms with Crippen LogP contribution in [-0.2, 0) is 14.8 Å². The molecule has 2 aromatic carbocycles. The Hall–Kier alpha value is -1.62. The number of halogens is 1. The first kappa shape index (κ1) is 19.7. The highest BCUT2D eigenvalue weighted by molar-refractivity contribution is 7.89. The largest absolute Gasteiger partial charge is 0.379 e. The van der Waals surface area contributed by atoms with E-state index in [1.807, 2.05) is 24.3 Å². The topological polar surface area (TPSA) is 84.4 Å². The molecule has 0 saturated carbocycles. The van der Waals surface area contributed by atoms with Gasteiger partial charge in [0.1, 0.15) is 15.9 Å². The van der Waals surface area contributed by atoms with Crippen LogP contribution in [0.25, 0.3) is 11.0 Å². The van der Waals surface area contributed by atoms with Gasteiger partial charge in [-0.15, -0.1) is 0 Å². The number of benzene rings is 2. The number of fused-ring (bicyclic) bond motifs is 1. The zero-order chi connectivity index (χ0) is 19.6. The maximum atomic E-state index is 13.0. The average molecular weight is 439 g/mol. The van der Waals surface area contributed by atoms with Gasteiger partial charge in [0.2, 0.25) is 10.0 Å². The molecule has 1 saturated heterocycles. The van der Waals surface area contributed by atoms with Crippen molar-refractivity contribution in [2.45, 2.75) is 10.9 Å². The van der Waals surface area contributed by atoms with E-state index in [4.69, 9.17) is 16.3 Å². The van der Waals surface area contributed by atoms with Crippen molar-refractivity contribution in [3.05, 3.63) is 53.1 Å². The molecule has 0 amide bonds. The monoisotopic (exact) mass is 438 g/mol. The summed E-state index contributed by atoms with van der Waals surface area (Å²) in [6, 6.07) is 12.3. The number of ether oxygens (including phenoxy) is 1. The van der Waals surface area contributed by atoms with Gasteiger partial charge in [-0.1, -0.05) is 35.9 Å². The summed E-state index contributed by atoms with van der Waals surface area (Å²) >= 11 is 7.41. The van der Waals surface area contributed by atoms with Crippen molar-refractivity contribution < 1.29 is 13.2 Å². The predicted molar refractivity (Wildman–Crippen MR) is 109 cm³/mol. The molecule has 0 radical (unpaired) electrons. The molecule has 1 aliphatic heterocycles. The number of hydrogen-bond acceptors (Lipinski definition) is 7. The fraction of sp³-hybridized carbons (Fsp3) is 0.333. The van der Waals surface area contributed by atoms with Gasteiger partial charge in [-0.25, -0.2) is 13.1 Å². The summed E-state index contributed by atoms with van der Waals surface area (Å²) in [4.78, 5) is 2.33. The number of morpholine rings is 1. The molecule has 148 valence electrons. The molecule has 1 aliphatic rings. The molecule has 0 bridgehead atoms. The van der Waals surface area contributed by atoms with E-state index in [0.29, 0.717) is 42.4 Å². The van der Waals surface area contributed by atoms with Crippen LogP contribution in [0.3, 0.4) is 0 Å². The van der Waals surface area contributed by atoms with E-state index in [1.54, 1.807) is 18.2 Å². The van der Waals surface area contributed by atoms with Crippen LogP contribution in [0.5, 0.6) is 0 Å². The van der Waals surface area contributed by atoms with Crippen LogP contribution in [0.2, 0.25) is 5.02 Å². The van der Waals surface area contributed by atoms with E-state index in [-0.39, 0.29) is 17.5 Å². The summed E-state index contributed by atoms with van der Waals surface area (Å²) in [5, 5.41) is 0.615. The summed E-state index contributed by atoms with van der Waals surface area (Å²) < 4.78 is 42.4. The molecular weight excluding hydrogens is 420 g/mol. The molecule has 1 atom stereocenters. The normalized spacial score (nSPS) is 17.0. The lowest BCUT2D eigenvalue weighted by Crippen LogP contribution is -2.43. The van der Waals surface area contributed by atoms with Crippen molar-refractivity contribution in [3.63, 3.8) is 0 Å². The van der Waals surface area contributed by atoms with Gasteiger partial charge in [-0.05, 0) is 23.8 Å². The van der Waals surface area contributed by atoms with Crippen molar-refractivity contribution in [2.75, 3.05) is 32.8 Å². The third-order valence-electron chi connectivity index (χ3n) is 4.76. The van der Waals surface area contributed by atoms with E-state index in [1.165, 1.54) is 0 Å². The summed E-state index contributed by atoms with van der Waals surface area (Å²) in [7, 11) is -3.76. The van der Waals surface area contributed by atoms with Gasteiger partial charge in [0.05, 0.1) is 24.9 Å². The Morgan fingerprint density at radius 3 is 2.71 bits per heavy atom. The maximum Gasteiger partial charge on any atom is 0.242 e. The van der Waals surface area contributed by atoms with E-state index >= 15 is 0 Å². The molecule has 1 unspecified atom stereocenters. The number of aromatic nitrogens is 2. The highest BCUT2D eigenvalue weighted by atomic mass is 35.5. The lowest BCUT2D eigenvalue weighted by atomic mass is 10.0. The van der Waals surface area contributed by atoms with Crippen molar-refractivity contribution >= 4 is 44.4 Å². The van der Waals surface area contributed by atoms with Crippen LogP contribution >= 0.6 is 23.3 Å². The maximum absolute atomic E-state index is 13.0. The van der Waals surface area contributed by atoms with Crippen LogP contribution in [0.1, 0.15) is 11.6 Å². The average Bonchev–Trinajstić information content (AvgIpc) is 3.19. The Kier molecular flexibility index (Phi) is 5.91. The SMILES string of the molecule is O=S(=O)(NCC(c1ccccc1Cl)N1CCOCC1)c1cccc2nsnc12. The van der Waals surface area contributed by atoms with E-state index in [2.05, 4.69) is 18.4 Å². The van der Waals surface area contributed by atoms with Gasteiger partial charge < -0.3 is 4.74 Å². The van der Waals surface area contributed by atoms with Crippen LogP contribution < -0.4 is 4.72 Å². The minimum atomic E-state index is -3.76. The molecule has 1 N–H and O–H groups in total. The molecular formula is C18H19ClN4O3S2. The molecule has 1 aromatic heterocycles. The lowest BCUT2D eigenvalue weighted by molar-refractivity contribution is 0.0172. The van der Waals surface area contributed by atoms with Crippen molar-refractivity contribution in [2.24, 2.45) is 0 Å². The number of hydrogen-bond donors (Lipinski definition) is 1. The summed E-state index contributed by atoms with van der Waals surface area (Å²) in [6.45, 7) is 2.83. The number of rotatable bonds is 6. The highest BCUT2D eigenvalue weighted by Crippen LogP contribution is 2.29. The van der Waals surface area contributed by atoms with Crippen molar-refractivity contribution in [1.82, 2.24) is 18.4 Å². The first-order valence-electron chi connectivity index (χ1n) is 8.83. The second kappa shape index (κ2) is 8.40. The zero-order valence-electron chi connectivity index (χ0n) is 14.9. The summed E-state index contributed by atoms with van der Waals surface area (Å²) in [5.74, 6) is 0. The van der Waals surface area contributed by atoms with E-state index in [0.717, 1.165) is 17.3 Å². The zero-order valence-corrected chi connectivity index (χ0v) is 17.3. The number of nitrogens with one attached hydrogen (secondary N) is 1. The molecule has 4 rings (SSSR count). The molecule has 1 fully saturated rings. The molecule has 3 aromatic rings. The first-order valence-corrected chi connectivity index (χ1v) is 11.4. The van der Waals surface area contributed by atoms with Crippen LogP contribution in [0.4, 0.5) is 0 Å². The minimum Gasteiger partial charge on any atom is -0.379 e. The summed E-state index contributed by atoms with van der Waals surface area (Å²) in [6.07, 6.45) is 0. The van der Waals surface area contributed by atoms with Crippen LogP contribution in [-0.4, -0.2) is 54.9 Å². The third-order valence-corrected chi connectivity index (χ3v) is 7.10. The van der Waals surface area contributed by atoms with Gasteiger partial charge in [0, 0.05) is 30.7 Å². The van der Waals surface area contributed by atoms with Gasteiger partial charge in [0.15, 0.2) is 0 Å². The molecule has 28 heavy (non-hydrogen) atoms. The van der Waals surface area contributed by atoms with Crippen molar-refractivity contribution in [3.8, 4) is 0 Å². The minimum absolute atomic E-state index is 0.138. The van der Waals surface area contributed by atoms with Gasteiger partial charge in [0.25, 0.3) is 0 Å². The number of sulfonamides is 1. The van der Waals surface area contributed by atoms with E-state index in [9.17, 15) is 8.42 Å². The third kappa shape index (κ3) is 4.05. The number of nitrogens with zero attached hydrogens (tertiary/aromatic N) is 3. The van der Waals surface area contributed by atoms with Crippen molar-refractivity contribution in [1.29, 1.82) is 0 Å². The Balaban J connectivity index is 1.62. The molecule has 0 aliphatic carbocycles. The molecule has 2 heterocycles.